The van der Waals surface area contributed by atoms with Gasteiger partial charge in [-0.2, -0.15) is 4.98 Å². The van der Waals surface area contributed by atoms with Crippen LogP contribution in [0.4, 0.5) is 27.5 Å². The Bertz CT molecular complexity index is 1020. The van der Waals surface area contributed by atoms with Crippen molar-refractivity contribution >= 4 is 34.7 Å². The average Bonchev–Trinajstić information content (AvgIpc) is 2.68. The van der Waals surface area contributed by atoms with Crippen LogP contribution in [-0.4, -0.2) is 23.2 Å². The van der Waals surface area contributed by atoms with Crippen molar-refractivity contribution in [3.05, 3.63) is 58.5 Å². The number of hydrogen-bond acceptors (Lipinski definition) is 6. The lowest BCUT2D eigenvalue weighted by Crippen LogP contribution is -2.15. The van der Waals surface area contributed by atoms with Crippen LogP contribution in [0.2, 0.25) is 5.02 Å². The van der Waals surface area contributed by atoms with Gasteiger partial charge in [-0.15, -0.1) is 0 Å². The van der Waals surface area contributed by atoms with Gasteiger partial charge in [-0.3, -0.25) is 0 Å². The predicted molar refractivity (Wildman–Crippen MR) is 107 cm³/mol. The quantitative estimate of drug-likeness (QED) is 0.631. The van der Waals surface area contributed by atoms with Gasteiger partial charge in [-0.1, -0.05) is 11.6 Å². The molecule has 0 amide bonds. The first-order valence-corrected chi connectivity index (χ1v) is 9.10. The number of halogens is 2. The van der Waals surface area contributed by atoms with Gasteiger partial charge in [-0.05, 0) is 49.2 Å². The van der Waals surface area contributed by atoms with Gasteiger partial charge in [-0.25, -0.2) is 9.37 Å². The summed E-state index contributed by atoms with van der Waals surface area (Å²) in [5, 5.41) is 6.76. The fourth-order valence-corrected chi connectivity index (χ4v) is 3.03. The number of aryl methyl sites for hydroxylation is 2. The minimum atomic E-state index is -0.566. The van der Waals surface area contributed by atoms with E-state index in [4.69, 9.17) is 21.1 Å². The zero-order chi connectivity index (χ0) is 19.7. The molecule has 2 N–H and O–H groups in total. The largest absolute Gasteiger partial charge is 0.486 e. The summed E-state index contributed by atoms with van der Waals surface area (Å²) in [4.78, 5) is 8.26. The van der Waals surface area contributed by atoms with E-state index in [0.717, 1.165) is 23.0 Å². The number of benzene rings is 2. The molecule has 0 saturated heterocycles. The Morgan fingerprint density at radius 1 is 0.964 bits per heavy atom. The Morgan fingerprint density at radius 3 is 2.43 bits per heavy atom. The minimum Gasteiger partial charge on any atom is -0.486 e. The molecule has 28 heavy (non-hydrogen) atoms. The highest BCUT2D eigenvalue weighted by Crippen LogP contribution is 2.34. The van der Waals surface area contributed by atoms with Crippen LogP contribution in [0.5, 0.6) is 11.5 Å². The number of anilines is 4. The smallest absolute Gasteiger partial charge is 0.229 e. The molecule has 1 aromatic heterocycles. The molecule has 0 radical (unpaired) electrons. The number of hydrogen-bond donors (Lipinski definition) is 2. The first kappa shape index (κ1) is 18.3. The lowest BCUT2D eigenvalue weighted by Gasteiger charge is -2.19. The van der Waals surface area contributed by atoms with Crippen molar-refractivity contribution < 1.29 is 13.9 Å². The van der Waals surface area contributed by atoms with Crippen LogP contribution in [0.1, 0.15) is 11.1 Å². The van der Waals surface area contributed by atoms with E-state index in [-0.39, 0.29) is 11.8 Å². The molecule has 6 nitrogen and oxygen atoms in total. The van der Waals surface area contributed by atoms with Crippen molar-refractivity contribution in [3.8, 4) is 11.5 Å². The monoisotopic (exact) mass is 400 g/mol. The second-order valence-corrected chi connectivity index (χ2v) is 6.80. The van der Waals surface area contributed by atoms with Crippen molar-refractivity contribution in [2.45, 2.75) is 13.8 Å². The van der Waals surface area contributed by atoms with Crippen molar-refractivity contribution in [3.63, 3.8) is 0 Å². The summed E-state index contributed by atoms with van der Waals surface area (Å²) in [6.07, 6.45) is 1.12. The third-order valence-electron chi connectivity index (χ3n) is 4.24. The lowest BCUT2D eigenvalue weighted by atomic mass is 10.1. The average molecular weight is 401 g/mol. The lowest BCUT2D eigenvalue weighted by molar-refractivity contribution is 0.171. The van der Waals surface area contributed by atoms with Gasteiger partial charge in [0.1, 0.15) is 13.2 Å². The zero-order valence-electron chi connectivity index (χ0n) is 15.3. The van der Waals surface area contributed by atoms with Crippen LogP contribution >= 0.6 is 11.6 Å². The van der Waals surface area contributed by atoms with E-state index in [2.05, 4.69) is 20.6 Å². The molecule has 4 rings (SSSR count). The van der Waals surface area contributed by atoms with Crippen LogP contribution in [0.25, 0.3) is 0 Å². The Hall–Kier alpha value is -3.06. The van der Waals surface area contributed by atoms with Crippen LogP contribution in [-0.2, 0) is 0 Å². The Kier molecular flexibility index (Phi) is 4.92. The molecule has 2 heterocycles. The third kappa shape index (κ3) is 3.80. The van der Waals surface area contributed by atoms with E-state index in [1.54, 1.807) is 18.2 Å². The van der Waals surface area contributed by atoms with Gasteiger partial charge < -0.3 is 20.1 Å². The summed E-state index contributed by atoms with van der Waals surface area (Å²) in [6.45, 7) is 4.83. The first-order chi connectivity index (χ1) is 13.5. The topological polar surface area (TPSA) is 68.3 Å². The maximum atomic E-state index is 14.2. The number of aromatic nitrogens is 2. The molecular weight excluding hydrogens is 383 g/mol. The normalized spacial score (nSPS) is 12.6. The Morgan fingerprint density at radius 2 is 1.68 bits per heavy atom. The number of nitrogens with one attached hydrogen (secondary N) is 2. The summed E-state index contributed by atoms with van der Waals surface area (Å²) in [5.41, 5.74) is 3.27. The van der Waals surface area contributed by atoms with Crippen LogP contribution in [0, 0.1) is 19.7 Å². The van der Waals surface area contributed by atoms with E-state index >= 15 is 0 Å². The van der Waals surface area contributed by atoms with E-state index in [1.165, 1.54) is 0 Å². The molecule has 0 aliphatic carbocycles. The molecule has 0 bridgehead atoms. The van der Waals surface area contributed by atoms with Gasteiger partial charge in [0, 0.05) is 22.5 Å². The molecule has 0 saturated carbocycles. The van der Waals surface area contributed by atoms with E-state index < -0.39 is 5.82 Å². The highest BCUT2D eigenvalue weighted by atomic mass is 35.5. The van der Waals surface area contributed by atoms with Crippen molar-refractivity contribution in [2.24, 2.45) is 0 Å². The Labute approximate surface area is 166 Å². The molecule has 0 fully saturated rings. The van der Waals surface area contributed by atoms with Gasteiger partial charge in [0.25, 0.3) is 0 Å². The summed E-state index contributed by atoms with van der Waals surface area (Å²) < 4.78 is 25.3. The van der Waals surface area contributed by atoms with Gasteiger partial charge in [0.15, 0.2) is 23.1 Å². The molecule has 1 aliphatic heterocycles. The predicted octanol–water partition coefficient (Wildman–Crippen LogP) is 5.14. The SMILES string of the molecule is Cc1cc(Nc2ncc(F)c(Nc3ccc4c(c3)OCCO4)n2)cc(C)c1Cl. The molecule has 2 aromatic carbocycles. The summed E-state index contributed by atoms with van der Waals surface area (Å²) in [5.74, 6) is 1.02. The van der Waals surface area contributed by atoms with E-state index in [9.17, 15) is 4.39 Å². The summed E-state index contributed by atoms with van der Waals surface area (Å²) in [6, 6.07) is 9.06. The summed E-state index contributed by atoms with van der Waals surface area (Å²) in [7, 11) is 0. The van der Waals surface area contributed by atoms with Crippen LogP contribution in [0.3, 0.4) is 0 Å². The van der Waals surface area contributed by atoms with Crippen molar-refractivity contribution in [2.75, 3.05) is 23.8 Å². The van der Waals surface area contributed by atoms with Gasteiger partial charge in [0.05, 0.1) is 6.20 Å². The second kappa shape index (κ2) is 7.52. The Balaban J connectivity index is 1.57. The van der Waals surface area contributed by atoms with Crippen LogP contribution < -0.4 is 20.1 Å². The fraction of sp³-hybridized carbons (Fsp3) is 0.200. The van der Waals surface area contributed by atoms with Crippen molar-refractivity contribution in [1.29, 1.82) is 0 Å². The highest BCUT2D eigenvalue weighted by Gasteiger charge is 2.14. The molecule has 0 spiro atoms. The van der Waals surface area contributed by atoms with E-state index in [1.807, 2.05) is 26.0 Å². The molecular formula is C20H18ClFN4O2. The number of ether oxygens (including phenoxy) is 2. The molecule has 1 aliphatic rings. The van der Waals surface area contributed by atoms with E-state index in [0.29, 0.717) is 35.4 Å². The number of nitrogens with zero attached hydrogens (tertiary/aromatic N) is 2. The first-order valence-electron chi connectivity index (χ1n) is 8.72. The summed E-state index contributed by atoms with van der Waals surface area (Å²) >= 11 is 6.20. The maximum absolute atomic E-state index is 14.2. The molecule has 0 unspecified atom stereocenters. The van der Waals surface area contributed by atoms with Gasteiger partial charge in [0.2, 0.25) is 5.95 Å². The standard InChI is InChI=1S/C20H18ClFN4O2/c1-11-7-14(8-12(2)18(11)21)25-20-23-10-15(22)19(26-20)24-13-3-4-16-17(9-13)28-6-5-27-16/h3-4,7-10H,5-6H2,1-2H3,(H2,23,24,25,26). The minimum absolute atomic E-state index is 0.0524. The number of rotatable bonds is 4. The second-order valence-electron chi connectivity index (χ2n) is 6.42. The number of fused-ring (bicyclic) bond motifs is 1. The fourth-order valence-electron chi connectivity index (χ4n) is 2.92. The van der Waals surface area contributed by atoms with Crippen LogP contribution in [0.15, 0.2) is 36.5 Å². The van der Waals surface area contributed by atoms with Crippen molar-refractivity contribution in [1.82, 2.24) is 9.97 Å². The molecule has 8 heteroatoms. The molecule has 3 aromatic rings. The maximum Gasteiger partial charge on any atom is 0.229 e. The third-order valence-corrected chi connectivity index (χ3v) is 4.84. The highest BCUT2D eigenvalue weighted by molar-refractivity contribution is 6.32. The van der Waals surface area contributed by atoms with Gasteiger partial charge >= 0.3 is 0 Å². The zero-order valence-corrected chi connectivity index (χ0v) is 16.1. The molecule has 144 valence electrons. The molecule has 0 atom stereocenters.